The molecule has 0 spiro atoms. The lowest BCUT2D eigenvalue weighted by Gasteiger charge is -2.23. The van der Waals surface area contributed by atoms with E-state index in [-0.39, 0.29) is 16.7 Å². The lowest BCUT2D eigenvalue weighted by molar-refractivity contribution is -0.137. The van der Waals surface area contributed by atoms with Gasteiger partial charge in [0.1, 0.15) is 11.0 Å². The molecular weight excluding hydrogens is 467 g/mol. The van der Waals surface area contributed by atoms with Crippen LogP contribution in [-0.2, 0) is 11.0 Å². The Balaban J connectivity index is 1.69. The number of benzene rings is 2. The molecule has 0 aliphatic rings. The number of nitrogens with zero attached hydrogens (tertiary/aromatic N) is 2. The maximum Gasteiger partial charge on any atom is 0.416 e. The van der Waals surface area contributed by atoms with Crippen molar-refractivity contribution >= 4 is 34.1 Å². The number of anilines is 2. The fourth-order valence-electron chi connectivity index (χ4n) is 3.14. The third kappa shape index (κ3) is 6.53. The number of carbonyl (C=O) groups is 2. The number of alkyl halides is 3. The number of aryl methyl sites for hydroxylation is 1. The van der Waals surface area contributed by atoms with Crippen LogP contribution in [0.3, 0.4) is 0 Å². The van der Waals surface area contributed by atoms with Crippen molar-refractivity contribution in [3.63, 3.8) is 0 Å². The molecule has 180 valence electrons. The highest BCUT2D eigenvalue weighted by atomic mass is 32.1. The van der Waals surface area contributed by atoms with Gasteiger partial charge in [-0.15, -0.1) is 10.2 Å². The number of hydrogen-bond acceptors (Lipinski definition) is 5. The number of halogens is 3. The van der Waals surface area contributed by atoms with E-state index in [9.17, 15) is 22.8 Å². The molecule has 7 nitrogen and oxygen atoms in total. The van der Waals surface area contributed by atoms with E-state index in [1.807, 2.05) is 38.1 Å². The Hall–Kier alpha value is -3.47. The van der Waals surface area contributed by atoms with Crippen LogP contribution in [0.4, 0.5) is 28.8 Å². The van der Waals surface area contributed by atoms with Gasteiger partial charge >= 0.3 is 12.2 Å². The Bertz CT molecular complexity index is 1170. The molecule has 3 N–H and O–H groups in total. The van der Waals surface area contributed by atoms with Gasteiger partial charge in [0.15, 0.2) is 0 Å². The van der Waals surface area contributed by atoms with Crippen molar-refractivity contribution in [1.29, 1.82) is 0 Å². The van der Waals surface area contributed by atoms with Gasteiger partial charge in [-0.05, 0) is 37.1 Å². The predicted molar refractivity (Wildman–Crippen MR) is 126 cm³/mol. The Morgan fingerprint density at radius 3 is 2.47 bits per heavy atom. The van der Waals surface area contributed by atoms with E-state index in [0.29, 0.717) is 11.4 Å². The lowest BCUT2D eigenvalue weighted by Crippen LogP contribution is -2.49. The zero-order chi connectivity index (χ0) is 24.9. The molecule has 0 unspecified atom stereocenters. The van der Waals surface area contributed by atoms with Crippen LogP contribution in [0, 0.1) is 12.8 Å². The number of hydrogen-bond donors (Lipinski definition) is 3. The fourth-order valence-corrected chi connectivity index (χ4v) is 3.88. The molecule has 34 heavy (non-hydrogen) atoms. The summed E-state index contributed by atoms with van der Waals surface area (Å²) in [7, 11) is 0. The van der Waals surface area contributed by atoms with Gasteiger partial charge in [0, 0.05) is 11.3 Å². The van der Waals surface area contributed by atoms with Crippen LogP contribution >= 0.6 is 11.3 Å². The third-order valence-corrected chi connectivity index (χ3v) is 6.04. The van der Waals surface area contributed by atoms with E-state index in [1.165, 1.54) is 23.5 Å². The number of amides is 3. The van der Waals surface area contributed by atoms with E-state index in [4.69, 9.17) is 0 Å². The molecule has 0 bridgehead atoms. The van der Waals surface area contributed by atoms with E-state index in [2.05, 4.69) is 26.1 Å². The minimum Gasteiger partial charge on any atom is -0.326 e. The van der Waals surface area contributed by atoms with Crippen LogP contribution in [-0.4, -0.2) is 28.2 Å². The maximum absolute atomic E-state index is 12.9. The van der Waals surface area contributed by atoms with Crippen molar-refractivity contribution in [2.45, 2.75) is 39.4 Å². The molecule has 2 aromatic carbocycles. The number of aromatic nitrogens is 2. The van der Waals surface area contributed by atoms with Crippen molar-refractivity contribution < 1.29 is 22.8 Å². The number of nitrogens with one attached hydrogen (secondary N) is 3. The molecule has 1 aromatic heterocycles. The molecule has 2 atom stereocenters. The van der Waals surface area contributed by atoms with Gasteiger partial charge in [0.2, 0.25) is 11.0 Å². The van der Waals surface area contributed by atoms with E-state index in [1.54, 1.807) is 6.92 Å². The largest absolute Gasteiger partial charge is 0.416 e. The Kier molecular flexibility index (Phi) is 7.87. The summed E-state index contributed by atoms with van der Waals surface area (Å²) < 4.78 is 38.8. The van der Waals surface area contributed by atoms with Crippen LogP contribution in [0.5, 0.6) is 0 Å². The van der Waals surface area contributed by atoms with Gasteiger partial charge in [-0.3, -0.25) is 10.1 Å². The topological polar surface area (TPSA) is 96.0 Å². The lowest BCUT2D eigenvalue weighted by atomic mass is 9.98. The summed E-state index contributed by atoms with van der Waals surface area (Å²) in [6.07, 6.45) is -3.96. The second kappa shape index (κ2) is 10.6. The van der Waals surface area contributed by atoms with Crippen LogP contribution in [0.25, 0.3) is 10.6 Å². The Morgan fingerprint density at radius 2 is 1.79 bits per heavy atom. The second-order valence-electron chi connectivity index (χ2n) is 7.81. The normalized spacial score (nSPS) is 13.1. The number of rotatable bonds is 7. The third-order valence-electron chi connectivity index (χ3n) is 5.15. The molecule has 0 saturated heterocycles. The molecule has 0 aliphatic carbocycles. The van der Waals surface area contributed by atoms with Crippen LogP contribution in [0.2, 0.25) is 0 Å². The highest BCUT2D eigenvalue weighted by Gasteiger charge is 2.31. The molecule has 0 saturated carbocycles. The van der Waals surface area contributed by atoms with Gasteiger partial charge in [-0.2, -0.15) is 13.2 Å². The minimum absolute atomic E-state index is 0.0393. The van der Waals surface area contributed by atoms with Gasteiger partial charge in [-0.25, -0.2) is 4.79 Å². The molecule has 3 amide bonds. The Labute approximate surface area is 198 Å². The standard InChI is InChI=1S/C23H24F3N5O2S/c1-4-14(3)18(28-21(33)27-17-10-6-9-16(12-17)23(24,25)26)19(32)29-22-31-30-20(34-22)15-8-5-7-13(2)11-15/h5-12,14,18H,4H2,1-3H3,(H2,27,28,33)(H,29,31,32)/t14-,18-/m0/s1. The summed E-state index contributed by atoms with van der Waals surface area (Å²) in [5.74, 6) is -0.753. The summed E-state index contributed by atoms with van der Waals surface area (Å²) in [5, 5.41) is 16.6. The van der Waals surface area contributed by atoms with Crippen LogP contribution in [0.1, 0.15) is 31.4 Å². The van der Waals surface area contributed by atoms with Crippen molar-refractivity contribution in [2.75, 3.05) is 10.6 Å². The monoisotopic (exact) mass is 491 g/mol. The van der Waals surface area contributed by atoms with Crippen molar-refractivity contribution in [2.24, 2.45) is 5.92 Å². The molecule has 0 fully saturated rings. The summed E-state index contributed by atoms with van der Waals surface area (Å²) in [6.45, 7) is 5.60. The smallest absolute Gasteiger partial charge is 0.326 e. The molecule has 0 aliphatic heterocycles. The maximum atomic E-state index is 12.9. The van der Waals surface area contributed by atoms with Crippen molar-refractivity contribution in [3.05, 3.63) is 59.7 Å². The average Bonchev–Trinajstić information content (AvgIpc) is 3.25. The van der Waals surface area contributed by atoms with Gasteiger partial charge in [0.25, 0.3) is 0 Å². The van der Waals surface area contributed by atoms with Crippen LogP contribution in [0.15, 0.2) is 48.5 Å². The van der Waals surface area contributed by atoms with Crippen molar-refractivity contribution in [1.82, 2.24) is 15.5 Å². The highest BCUT2D eigenvalue weighted by Crippen LogP contribution is 2.31. The first-order valence-electron chi connectivity index (χ1n) is 10.5. The first kappa shape index (κ1) is 25.2. The first-order valence-corrected chi connectivity index (χ1v) is 11.3. The molecular formula is C23H24F3N5O2S. The second-order valence-corrected chi connectivity index (χ2v) is 8.79. The summed E-state index contributed by atoms with van der Waals surface area (Å²) >= 11 is 1.20. The molecule has 0 radical (unpaired) electrons. The predicted octanol–water partition coefficient (Wildman–Crippen LogP) is 5.71. The zero-order valence-corrected chi connectivity index (χ0v) is 19.6. The fraction of sp³-hybridized carbons (Fsp3) is 0.304. The summed E-state index contributed by atoms with van der Waals surface area (Å²) in [5.41, 5.74) is 1.01. The summed E-state index contributed by atoms with van der Waals surface area (Å²) in [6, 6.07) is 10.2. The van der Waals surface area contributed by atoms with Gasteiger partial charge in [0.05, 0.1) is 5.56 Å². The quantitative estimate of drug-likeness (QED) is 0.395. The SMILES string of the molecule is CC[C@H](C)[C@H](NC(=O)Nc1cccc(C(F)(F)F)c1)C(=O)Nc1nnc(-c2cccc(C)c2)s1. The molecule has 3 rings (SSSR count). The van der Waals surface area contributed by atoms with Crippen molar-refractivity contribution in [3.8, 4) is 10.6 Å². The molecule has 11 heteroatoms. The van der Waals surface area contributed by atoms with Crippen LogP contribution < -0.4 is 16.0 Å². The number of carbonyl (C=O) groups excluding carboxylic acids is 2. The average molecular weight is 492 g/mol. The van der Waals surface area contributed by atoms with Gasteiger partial charge in [-0.1, -0.05) is 61.4 Å². The zero-order valence-electron chi connectivity index (χ0n) is 18.7. The van der Waals surface area contributed by atoms with E-state index < -0.39 is 29.7 Å². The molecule has 3 aromatic rings. The minimum atomic E-state index is -4.54. The first-order chi connectivity index (χ1) is 16.1. The summed E-state index contributed by atoms with van der Waals surface area (Å²) in [4.78, 5) is 25.4. The Morgan fingerprint density at radius 1 is 1.06 bits per heavy atom. The van der Waals surface area contributed by atoms with E-state index >= 15 is 0 Å². The number of urea groups is 1. The highest BCUT2D eigenvalue weighted by molar-refractivity contribution is 7.18. The molecule has 1 heterocycles. The van der Waals surface area contributed by atoms with E-state index in [0.717, 1.165) is 23.3 Å². The van der Waals surface area contributed by atoms with Gasteiger partial charge < -0.3 is 10.6 Å².